The van der Waals surface area contributed by atoms with Crippen LogP contribution in [0.4, 0.5) is 51.3 Å². The lowest BCUT2D eigenvalue weighted by Gasteiger charge is -2.41. The molecule has 1 aliphatic rings. The molecular formula is C27H22F9N5O. The molecule has 0 amide bonds. The average molecular weight is 603 g/mol. The van der Waals surface area contributed by atoms with Gasteiger partial charge in [0.2, 0.25) is 5.95 Å². The summed E-state index contributed by atoms with van der Waals surface area (Å²) in [4.78, 5) is 14.4. The zero-order valence-electron chi connectivity index (χ0n) is 21.7. The van der Waals surface area contributed by atoms with E-state index in [1.54, 1.807) is 11.8 Å². The van der Waals surface area contributed by atoms with Crippen LogP contribution in [0.25, 0.3) is 22.2 Å². The van der Waals surface area contributed by atoms with Crippen LogP contribution < -0.4 is 9.80 Å². The molecule has 0 bridgehead atoms. The van der Waals surface area contributed by atoms with E-state index in [9.17, 15) is 44.6 Å². The van der Waals surface area contributed by atoms with Crippen molar-refractivity contribution in [1.82, 2.24) is 15.0 Å². The highest BCUT2D eigenvalue weighted by molar-refractivity contribution is 5.94. The summed E-state index contributed by atoms with van der Waals surface area (Å²) in [6.07, 6.45) is -13.0. The number of benzene rings is 2. The number of aromatic nitrogens is 3. The Balaban J connectivity index is 1.49. The molecule has 1 atom stereocenters. The van der Waals surface area contributed by atoms with Gasteiger partial charge >= 0.3 is 18.5 Å². The summed E-state index contributed by atoms with van der Waals surface area (Å²) in [6, 6.07) is 5.71. The van der Waals surface area contributed by atoms with Gasteiger partial charge in [-0.05, 0) is 48.4 Å². The minimum atomic E-state index is -4.76. The number of aromatic amines is 1. The molecule has 0 radical (unpaired) electrons. The quantitative estimate of drug-likeness (QED) is 0.249. The van der Waals surface area contributed by atoms with Gasteiger partial charge in [0, 0.05) is 37.4 Å². The second kappa shape index (κ2) is 10.4. The third-order valence-corrected chi connectivity index (χ3v) is 7.04. The van der Waals surface area contributed by atoms with Gasteiger partial charge < -0.3 is 19.9 Å². The summed E-state index contributed by atoms with van der Waals surface area (Å²) in [6.45, 7) is 1.34. The molecular weight excluding hydrogens is 581 g/mol. The van der Waals surface area contributed by atoms with Crippen LogP contribution in [0.1, 0.15) is 29.2 Å². The number of aliphatic hydroxyl groups is 1. The van der Waals surface area contributed by atoms with E-state index in [4.69, 9.17) is 0 Å². The van der Waals surface area contributed by atoms with E-state index in [1.807, 2.05) is 0 Å². The van der Waals surface area contributed by atoms with Gasteiger partial charge in [-0.25, -0.2) is 9.97 Å². The van der Waals surface area contributed by atoms with E-state index < -0.39 is 47.9 Å². The van der Waals surface area contributed by atoms with Crippen LogP contribution in [0, 0.1) is 0 Å². The van der Waals surface area contributed by atoms with Crippen molar-refractivity contribution in [2.45, 2.75) is 38.1 Å². The molecule has 6 nitrogen and oxygen atoms in total. The third kappa shape index (κ3) is 5.69. The highest BCUT2D eigenvalue weighted by Crippen LogP contribution is 2.40. The fraction of sp³-hybridized carbons (Fsp3) is 0.333. The second-order valence-corrected chi connectivity index (χ2v) is 9.91. The number of rotatable bonds is 4. The number of anilines is 2. The smallest absolute Gasteiger partial charge is 0.392 e. The van der Waals surface area contributed by atoms with E-state index in [2.05, 4.69) is 15.0 Å². The fourth-order valence-electron chi connectivity index (χ4n) is 4.98. The van der Waals surface area contributed by atoms with Gasteiger partial charge in [-0.15, -0.1) is 0 Å². The lowest BCUT2D eigenvalue weighted by Crippen LogP contribution is -2.53. The molecule has 2 aromatic heterocycles. The van der Waals surface area contributed by atoms with Gasteiger partial charge in [-0.1, -0.05) is 12.1 Å². The lowest BCUT2D eigenvalue weighted by atomic mass is 9.99. The first-order valence-corrected chi connectivity index (χ1v) is 12.5. The summed E-state index contributed by atoms with van der Waals surface area (Å²) in [7, 11) is 0. The van der Waals surface area contributed by atoms with Gasteiger partial charge in [-0.2, -0.15) is 39.5 Å². The number of fused-ring (bicyclic) bond motifs is 1. The van der Waals surface area contributed by atoms with Crippen LogP contribution in [-0.4, -0.2) is 45.7 Å². The molecule has 0 unspecified atom stereocenters. The van der Waals surface area contributed by atoms with Crippen LogP contribution in [-0.2, 0) is 25.1 Å². The summed E-state index contributed by atoms with van der Waals surface area (Å²) >= 11 is 0. The highest BCUT2D eigenvalue weighted by Gasteiger charge is 2.38. The van der Waals surface area contributed by atoms with Gasteiger partial charge in [0.05, 0.1) is 34.3 Å². The van der Waals surface area contributed by atoms with Crippen molar-refractivity contribution in [3.8, 4) is 11.1 Å². The van der Waals surface area contributed by atoms with E-state index in [1.165, 1.54) is 4.90 Å². The molecule has 1 fully saturated rings. The highest BCUT2D eigenvalue weighted by atomic mass is 19.4. The number of aliphatic hydroxyl groups excluding tert-OH is 1. The zero-order chi connectivity index (χ0) is 30.6. The van der Waals surface area contributed by atoms with Gasteiger partial charge in [-0.3, -0.25) is 0 Å². The molecule has 4 aromatic rings. The molecule has 0 spiro atoms. The number of piperazine rings is 1. The molecule has 0 aliphatic carbocycles. The number of imidazole rings is 1. The predicted octanol–water partition coefficient (Wildman–Crippen LogP) is 6.89. The average Bonchev–Trinajstić information content (AvgIpc) is 3.35. The Bertz CT molecular complexity index is 1590. The SMILES string of the molecule is C[C@@H]1CN(c2ncc(CO)cc2C(F)(F)F)CCN1c1nc2c(-c3ccc(C(F)(F)F)cc3)cc(C(F)(F)F)cc2[nH]1. The molecule has 3 heterocycles. The Hall–Kier alpha value is -4.01. The van der Waals surface area contributed by atoms with Crippen molar-refractivity contribution < 1.29 is 44.6 Å². The number of hydrogen-bond donors (Lipinski definition) is 2. The Morgan fingerprint density at radius 3 is 2.12 bits per heavy atom. The maximum absolute atomic E-state index is 13.7. The first kappa shape index (κ1) is 29.5. The maximum Gasteiger partial charge on any atom is 0.419 e. The van der Waals surface area contributed by atoms with E-state index >= 15 is 0 Å². The van der Waals surface area contributed by atoms with E-state index in [-0.39, 0.29) is 59.1 Å². The van der Waals surface area contributed by atoms with Crippen molar-refractivity contribution in [1.29, 1.82) is 0 Å². The van der Waals surface area contributed by atoms with Gasteiger partial charge in [0.15, 0.2) is 0 Å². The standard InChI is InChI=1S/C27H22F9N5O/c1-14-12-40(23-20(27(34,35)36)8-15(13-42)11-37-23)6-7-41(14)24-38-21-10-18(26(31,32)33)9-19(22(21)39-24)16-2-4-17(5-3-16)25(28,29)30/h2-5,8-11,14,42H,6-7,12-13H2,1H3,(H,38,39)/t14-/m1/s1. The molecule has 5 rings (SSSR count). The Labute approximate surface area is 232 Å². The number of halogens is 9. The lowest BCUT2D eigenvalue weighted by molar-refractivity contribution is -0.138. The van der Waals surface area contributed by atoms with Gasteiger partial charge in [0.1, 0.15) is 5.82 Å². The zero-order valence-corrected chi connectivity index (χ0v) is 21.7. The molecule has 2 aromatic carbocycles. The molecule has 1 aliphatic heterocycles. The van der Waals surface area contributed by atoms with Crippen molar-refractivity contribution in [3.63, 3.8) is 0 Å². The number of nitrogens with zero attached hydrogens (tertiary/aromatic N) is 4. The largest absolute Gasteiger partial charge is 0.419 e. The first-order valence-electron chi connectivity index (χ1n) is 12.5. The number of alkyl halides is 9. The minimum Gasteiger partial charge on any atom is -0.392 e. The molecule has 224 valence electrons. The Morgan fingerprint density at radius 2 is 1.55 bits per heavy atom. The van der Waals surface area contributed by atoms with Gasteiger partial charge in [0.25, 0.3) is 0 Å². The molecule has 0 saturated carbocycles. The second-order valence-electron chi connectivity index (χ2n) is 9.91. The number of hydrogen-bond acceptors (Lipinski definition) is 5. The fourth-order valence-corrected chi connectivity index (χ4v) is 4.98. The number of nitrogens with one attached hydrogen (secondary N) is 1. The molecule has 42 heavy (non-hydrogen) atoms. The van der Waals surface area contributed by atoms with Crippen molar-refractivity contribution in [3.05, 3.63) is 70.9 Å². The first-order chi connectivity index (χ1) is 19.6. The summed E-state index contributed by atoms with van der Waals surface area (Å²) in [5.41, 5.74) is -2.86. The topological polar surface area (TPSA) is 68.3 Å². The number of H-pyrrole nitrogens is 1. The van der Waals surface area contributed by atoms with E-state index in [0.717, 1.165) is 48.7 Å². The van der Waals surface area contributed by atoms with Crippen molar-refractivity contribution in [2.24, 2.45) is 0 Å². The van der Waals surface area contributed by atoms with Crippen LogP contribution in [0.3, 0.4) is 0 Å². The Kier molecular flexibility index (Phi) is 7.28. The normalized spacial score (nSPS) is 16.9. The third-order valence-electron chi connectivity index (χ3n) is 7.04. The monoisotopic (exact) mass is 603 g/mol. The molecule has 1 saturated heterocycles. The van der Waals surface area contributed by atoms with Crippen molar-refractivity contribution >= 4 is 22.8 Å². The Morgan fingerprint density at radius 1 is 0.881 bits per heavy atom. The maximum atomic E-state index is 13.7. The predicted molar refractivity (Wildman–Crippen MR) is 136 cm³/mol. The summed E-state index contributed by atoms with van der Waals surface area (Å²) < 4.78 is 122. The van der Waals surface area contributed by atoms with Crippen LogP contribution in [0.2, 0.25) is 0 Å². The van der Waals surface area contributed by atoms with Crippen molar-refractivity contribution in [2.75, 3.05) is 29.4 Å². The van der Waals surface area contributed by atoms with Crippen LogP contribution in [0.15, 0.2) is 48.7 Å². The van der Waals surface area contributed by atoms with E-state index in [0.29, 0.717) is 0 Å². The molecule has 15 heteroatoms. The minimum absolute atomic E-state index is 0.00196. The molecule has 2 N–H and O–H groups in total. The number of pyridine rings is 1. The summed E-state index contributed by atoms with van der Waals surface area (Å²) in [5.74, 6) is -0.153. The van der Waals surface area contributed by atoms with Crippen LogP contribution >= 0.6 is 0 Å². The van der Waals surface area contributed by atoms with Crippen LogP contribution in [0.5, 0.6) is 0 Å². The summed E-state index contributed by atoms with van der Waals surface area (Å²) in [5, 5.41) is 9.24.